The van der Waals surface area contributed by atoms with Crippen molar-refractivity contribution in [1.82, 2.24) is 0 Å². The summed E-state index contributed by atoms with van der Waals surface area (Å²) in [6.45, 7) is 3.06. The number of quaternary nitrogens is 1. The zero-order chi connectivity index (χ0) is 24.3. The van der Waals surface area contributed by atoms with Gasteiger partial charge < -0.3 is 29.5 Å². The Bertz CT molecular complexity index is 984. The first-order valence-electron chi connectivity index (χ1n) is 12.1. The molecule has 3 N–H and O–H groups in total. The lowest BCUT2D eigenvalue weighted by atomic mass is 9.66. The fourth-order valence-corrected chi connectivity index (χ4v) is 5.85. The molecule has 1 saturated heterocycles. The molecule has 0 radical (unpaired) electrons. The summed E-state index contributed by atoms with van der Waals surface area (Å²) >= 11 is 0. The van der Waals surface area contributed by atoms with Gasteiger partial charge in [0.25, 0.3) is 5.91 Å². The smallest absolute Gasteiger partial charge is 0.279 e. The van der Waals surface area contributed by atoms with Gasteiger partial charge in [-0.3, -0.25) is 4.79 Å². The van der Waals surface area contributed by atoms with Crippen LogP contribution in [0.2, 0.25) is 0 Å². The maximum Gasteiger partial charge on any atom is 0.279 e. The van der Waals surface area contributed by atoms with Crippen LogP contribution in [0.15, 0.2) is 36.4 Å². The first kappa shape index (κ1) is 24.4. The van der Waals surface area contributed by atoms with E-state index in [9.17, 15) is 9.90 Å². The van der Waals surface area contributed by atoms with Gasteiger partial charge in [-0.15, -0.1) is 0 Å². The van der Waals surface area contributed by atoms with Crippen LogP contribution in [-0.4, -0.2) is 51.0 Å². The molecule has 0 spiro atoms. The second-order valence-corrected chi connectivity index (χ2v) is 9.64. The third-order valence-electron chi connectivity index (χ3n) is 7.56. The van der Waals surface area contributed by atoms with Crippen LogP contribution in [-0.2, 0) is 4.79 Å². The van der Waals surface area contributed by atoms with E-state index in [-0.39, 0.29) is 17.9 Å². The molecular weight excluding hydrogens is 432 g/mol. The molecular formula is C27H37N2O5+. The molecule has 1 heterocycles. The van der Waals surface area contributed by atoms with Gasteiger partial charge in [-0.05, 0) is 44.0 Å². The number of benzene rings is 2. The maximum atomic E-state index is 13.1. The van der Waals surface area contributed by atoms with Gasteiger partial charge in [-0.1, -0.05) is 30.5 Å². The van der Waals surface area contributed by atoms with Crippen molar-refractivity contribution in [3.05, 3.63) is 47.5 Å². The van der Waals surface area contributed by atoms with Crippen LogP contribution >= 0.6 is 0 Å². The van der Waals surface area contributed by atoms with Crippen molar-refractivity contribution >= 4 is 11.6 Å². The number of ether oxygens (including phenoxy) is 3. The zero-order valence-corrected chi connectivity index (χ0v) is 20.6. The van der Waals surface area contributed by atoms with Gasteiger partial charge in [0.2, 0.25) is 5.75 Å². The number of likely N-dealkylation sites (tertiary alicyclic amines) is 1. The third-order valence-corrected chi connectivity index (χ3v) is 7.56. The van der Waals surface area contributed by atoms with Gasteiger partial charge in [-0.2, -0.15) is 0 Å². The Morgan fingerprint density at radius 2 is 1.74 bits per heavy atom. The number of amides is 1. The van der Waals surface area contributed by atoms with E-state index in [0.717, 1.165) is 53.9 Å². The first-order chi connectivity index (χ1) is 16.4. The van der Waals surface area contributed by atoms with Crippen molar-refractivity contribution in [2.75, 3.05) is 39.7 Å². The summed E-state index contributed by atoms with van der Waals surface area (Å²) in [7, 11) is 4.81. The lowest BCUT2D eigenvalue weighted by Crippen LogP contribution is -3.16. The Morgan fingerprint density at radius 3 is 2.35 bits per heavy atom. The number of carbonyl (C=O) groups is 1. The fraction of sp³-hybridized carbons (Fsp3) is 0.519. The van der Waals surface area contributed by atoms with E-state index in [2.05, 4.69) is 5.32 Å². The van der Waals surface area contributed by atoms with Crippen molar-refractivity contribution in [2.45, 2.75) is 50.7 Å². The molecule has 1 saturated carbocycles. The largest absolute Gasteiger partial charge is 0.493 e. The topological polar surface area (TPSA) is 81.5 Å². The number of anilines is 1. The number of fused-ring (bicyclic) bond motifs is 1. The molecule has 7 nitrogen and oxygen atoms in total. The summed E-state index contributed by atoms with van der Waals surface area (Å²) in [6, 6.07) is 11.7. The molecule has 1 amide bonds. The van der Waals surface area contributed by atoms with Crippen molar-refractivity contribution in [2.24, 2.45) is 5.92 Å². The zero-order valence-electron chi connectivity index (χ0n) is 20.6. The molecule has 4 atom stereocenters. The summed E-state index contributed by atoms with van der Waals surface area (Å²) in [5.41, 5.74) is 2.24. The van der Waals surface area contributed by atoms with Gasteiger partial charge in [0, 0.05) is 23.6 Å². The number of rotatable bonds is 7. The van der Waals surface area contributed by atoms with Crippen molar-refractivity contribution in [3.8, 4) is 17.2 Å². The normalized spacial score (nSPS) is 26.3. The molecule has 4 rings (SSSR count). The van der Waals surface area contributed by atoms with Crippen LogP contribution in [0.5, 0.6) is 17.2 Å². The van der Waals surface area contributed by atoms with E-state index in [4.69, 9.17) is 14.2 Å². The number of nitrogens with one attached hydrogen (secondary N) is 2. The predicted molar refractivity (Wildman–Crippen MR) is 131 cm³/mol. The molecule has 0 aromatic heterocycles. The fourth-order valence-electron chi connectivity index (χ4n) is 5.85. The number of carbonyl (C=O) groups excluding carboxylic acids is 1. The molecule has 1 aliphatic carbocycles. The highest BCUT2D eigenvalue weighted by Gasteiger charge is 2.52. The highest BCUT2D eigenvalue weighted by Crippen LogP contribution is 2.47. The second kappa shape index (κ2) is 10.2. The Balaban J connectivity index is 1.67. The molecule has 34 heavy (non-hydrogen) atoms. The average molecular weight is 470 g/mol. The minimum atomic E-state index is -0.708. The minimum absolute atomic E-state index is 0.0301. The van der Waals surface area contributed by atoms with Crippen LogP contribution in [0.25, 0.3) is 0 Å². The van der Waals surface area contributed by atoms with Gasteiger partial charge in [0.05, 0.1) is 33.5 Å². The van der Waals surface area contributed by atoms with Crippen LogP contribution < -0.4 is 24.4 Å². The highest BCUT2D eigenvalue weighted by atomic mass is 16.5. The quantitative estimate of drug-likeness (QED) is 0.581. The van der Waals surface area contributed by atoms with Crippen LogP contribution in [0.4, 0.5) is 5.69 Å². The Hall–Kier alpha value is -2.77. The summed E-state index contributed by atoms with van der Waals surface area (Å²) < 4.78 is 16.8. The Kier molecular flexibility index (Phi) is 7.33. The monoisotopic (exact) mass is 469 g/mol. The summed E-state index contributed by atoms with van der Waals surface area (Å²) in [5.74, 6) is 1.75. The van der Waals surface area contributed by atoms with E-state index in [1.54, 1.807) is 21.3 Å². The van der Waals surface area contributed by atoms with E-state index < -0.39 is 5.60 Å². The standard InChI is InChI=1S/C27H36N2O5/c1-18-8-10-20(11-9-18)28-24(30)17-29-14-13-27(31)12-6-5-7-21(27)25(29)19-15-22(32-2)26(34-4)23(16-19)33-3/h8-11,15-16,21,25,31H,5-7,12-14,17H2,1-4H3,(H,28,30)/p+1/t21?,25?,27-/m1/s1. The molecule has 3 unspecified atom stereocenters. The number of aryl methyl sites for hydroxylation is 1. The average Bonchev–Trinajstić information content (AvgIpc) is 2.84. The number of aliphatic hydroxyl groups is 1. The lowest BCUT2D eigenvalue weighted by molar-refractivity contribution is -0.937. The summed E-state index contributed by atoms with van der Waals surface area (Å²) in [6.07, 6.45) is 4.56. The second-order valence-electron chi connectivity index (χ2n) is 9.64. The van der Waals surface area contributed by atoms with E-state index in [1.807, 2.05) is 43.3 Å². The number of methoxy groups -OCH3 is 3. The van der Waals surface area contributed by atoms with Crippen molar-refractivity contribution in [3.63, 3.8) is 0 Å². The van der Waals surface area contributed by atoms with E-state index >= 15 is 0 Å². The summed E-state index contributed by atoms with van der Waals surface area (Å²) in [5, 5.41) is 14.6. The molecule has 184 valence electrons. The van der Waals surface area contributed by atoms with Gasteiger partial charge >= 0.3 is 0 Å². The van der Waals surface area contributed by atoms with Crippen LogP contribution in [0.3, 0.4) is 0 Å². The van der Waals surface area contributed by atoms with E-state index in [0.29, 0.717) is 30.2 Å². The first-order valence-corrected chi connectivity index (χ1v) is 12.1. The number of piperidine rings is 1. The number of hydrogen-bond donors (Lipinski definition) is 3. The third kappa shape index (κ3) is 4.86. The van der Waals surface area contributed by atoms with Gasteiger partial charge in [0.15, 0.2) is 18.0 Å². The molecule has 2 aliphatic rings. The SMILES string of the molecule is COc1cc(C2C3CCCC[C@@]3(O)CC[NH+]2CC(=O)Nc2ccc(C)cc2)cc(OC)c1OC. The van der Waals surface area contributed by atoms with Crippen molar-refractivity contribution in [1.29, 1.82) is 0 Å². The van der Waals surface area contributed by atoms with Crippen LogP contribution in [0.1, 0.15) is 49.3 Å². The highest BCUT2D eigenvalue weighted by molar-refractivity contribution is 5.91. The Morgan fingerprint density at radius 1 is 1.06 bits per heavy atom. The van der Waals surface area contributed by atoms with Crippen molar-refractivity contribution < 1.29 is 29.0 Å². The lowest BCUT2D eigenvalue weighted by Gasteiger charge is -2.50. The number of hydrogen-bond acceptors (Lipinski definition) is 5. The summed E-state index contributed by atoms with van der Waals surface area (Å²) in [4.78, 5) is 14.2. The van der Waals surface area contributed by atoms with Crippen LogP contribution in [0, 0.1) is 12.8 Å². The molecule has 2 fully saturated rings. The molecule has 0 bridgehead atoms. The maximum absolute atomic E-state index is 13.1. The molecule has 2 aromatic rings. The van der Waals surface area contributed by atoms with E-state index in [1.165, 1.54) is 0 Å². The predicted octanol–water partition coefficient (Wildman–Crippen LogP) is 2.91. The molecule has 7 heteroatoms. The minimum Gasteiger partial charge on any atom is -0.493 e. The molecule has 2 aromatic carbocycles. The van der Waals surface area contributed by atoms with Gasteiger partial charge in [0.1, 0.15) is 6.04 Å². The van der Waals surface area contributed by atoms with Gasteiger partial charge in [-0.25, -0.2) is 0 Å². The Labute approximate surface area is 202 Å². The molecule has 1 aliphatic heterocycles.